The van der Waals surface area contributed by atoms with Gasteiger partial charge in [0, 0.05) is 46.4 Å². The number of rotatable bonds is 9. The van der Waals surface area contributed by atoms with Gasteiger partial charge >= 0.3 is 0 Å². The van der Waals surface area contributed by atoms with Gasteiger partial charge in [-0.25, -0.2) is 0 Å². The molecular formula is C49H59N7O6Si. The number of carbonyl (C=O) groups excluding carboxylic acids is 3. The summed E-state index contributed by atoms with van der Waals surface area (Å²) in [5.74, 6) is -0.547. The predicted octanol–water partition coefficient (Wildman–Crippen LogP) is 5.28. The maximum absolute atomic E-state index is 15.5. The van der Waals surface area contributed by atoms with Crippen LogP contribution in [0.15, 0.2) is 103 Å². The summed E-state index contributed by atoms with van der Waals surface area (Å²) in [5, 5.41) is 17.1. The molecule has 4 atom stereocenters. The standard InChI is InChI=1S/C49H59N7O6Si/c1-34-43(63(2,3)61)42(19-28-57)62-49(34)40-30-39(54-33-56(37-14-8-5-9-15-37)48(45(54)59)22-26-51-27-23-48)17-18-41(40)52(46(49)60)31-35-11-10-16-38(29-35)53-32-55(36-12-6-4-7-13-36)47(44(53)58)20-24-50-25-21-47/h4-18,29-30,34,42-43,50-51,57,61H,19-28,31-33H2,1-3H3/t34-,42+,43-,49+/m1/s1. The third kappa shape index (κ3) is 6.54. The number of aliphatic hydroxyl groups is 1. The monoisotopic (exact) mass is 869 g/mol. The highest BCUT2D eigenvalue weighted by molar-refractivity contribution is 6.71. The van der Waals surface area contributed by atoms with E-state index in [2.05, 4.69) is 44.7 Å². The van der Waals surface area contributed by atoms with E-state index in [1.165, 1.54) is 0 Å². The van der Waals surface area contributed by atoms with Crippen LogP contribution in [0, 0.1) is 5.92 Å². The third-order valence-corrected chi connectivity index (χ3v) is 17.6. The van der Waals surface area contributed by atoms with Gasteiger partial charge in [0.25, 0.3) is 17.7 Å². The number of ether oxygens (including phenoxy) is 1. The van der Waals surface area contributed by atoms with Crippen LogP contribution < -0.4 is 35.1 Å². The topological polar surface area (TPSA) is 141 Å². The van der Waals surface area contributed by atoms with Crippen molar-refractivity contribution in [3.05, 3.63) is 114 Å². The molecule has 330 valence electrons. The number of aliphatic hydroxyl groups excluding tert-OH is 1. The van der Waals surface area contributed by atoms with E-state index in [-0.39, 0.29) is 42.8 Å². The summed E-state index contributed by atoms with van der Waals surface area (Å²) in [6.45, 7) is 9.59. The van der Waals surface area contributed by atoms with E-state index in [0.717, 1.165) is 48.8 Å². The van der Waals surface area contributed by atoms with Gasteiger partial charge in [0.05, 0.1) is 31.7 Å². The molecule has 14 heteroatoms. The van der Waals surface area contributed by atoms with E-state index < -0.39 is 37.0 Å². The highest BCUT2D eigenvalue weighted by atomic mass is 28.4. The summed E-state index contributed by atoms with van der Waals surface area (Å²) in [7, 11) is -2.96. The minimum absolute atomic E-state index is 0.0359. The van der Waals surface area contributed by atoms with Crippen LogP contribution in [-0.4, -0.2) is 99.2 Å². The smallest absolute Gasteiger partial charge is 0.264 e. The van der Waals surface area contributed by atoms with Crippen LogP contribution >= 0.6 is 0 Å². The summed E-state index contributed by atoms with van der Waals surface area (Å²) < 4.78 is 7.03. The number of nitrogens with zero attached hydrogens (tertiary/aromatic N) is 5. The lowest BCUT2D eigenvalue weighted by molar-refractivity contribution is -0.146. The highest BCUT2D eigenvalue weighted by Gasteiger charge is 2.66. The average molecular weight is 870 g/mol. The van der Waals surface area contributed by atoms with Crippen molar-refractivity contribution in [1.29, 1.82) is 0 Å². The first-order chi connectivity index (χ1) is 30.4. The van der Waals surface area contributed by atoms with Gasteiger partial charge in [-0.2, -0.15) is 0 Å². The van der Waals surface area contributed by atoms with Crippen LogP contribution in [0.1, 0.15) is 50.2 Å². The SMILES string of the molecule is C[C@@H]1[C@@H]([Si](C)(C)O)[C@H](CCO)O[C@@]12C(=O)N(Cc1cccc(N3CN(c4ccccc4)C4(CCNCC4)C3=O)c1)c1ccc(N3CN(c4ccccc4)C4(CCNCC4)C3=O)cc12. The summed E-state index contributed by atoms with van der Waals surface area (Å²) in [6, 6.07) is 34.1. The van der Waals surface area contributed by atoms with Gasteiger partial charge in [-0.05, 0) is 132 Å². The van der Waals surface area contributed by atoms with Crippen molar-refractivity contribution in [2.75, 3.05) is 70.6 Å². The second-order valence-electron chi connectivity index (χ2n) is 19.0. The van der Waals surface area contributed by atoms with Crippen molar-refractivity contribution >= 4 is 54.5 Å². The summed E-state index contributed by atoms with van der Waals surface area (Å²) >= 11 is 0. The van der Waals surface area contributed by atoms with Gasteiger partial charge < -0.3 is 40.0 Å². The molecule has 0 unspecified atom stereocenters. The Kier molecular flexibility index (Phi) is 10.5. The number of amides is 3. The van der Waals surface area contributed by atoms with Crippen molar-refractivity contribution in [2.24, 2.45) is 5.92 Å². The largest absolute Gasteiger partial charge is 0.432 e. The Morgan fingerprint density at radius 3 is 1.73 bits per heavy atom. The Hall–Kier alpha value is -5.09. The van der Waals surface area contributed by atoms with Gasteiger partial charge in [-0.15, -0.1) is 0 Å². The molecule has 5 saturated heterocycles. The van der Waals surface area contributed by atoms with Crippen LogP contribution in [0.5, 0.6) is 0 Å². The fourth-order valence-electron chi connectivity index (χ4n) is 12.1. The average Bonchev–Trinajstić information content (AvgIpc) is 3.93. The second kappa shape index (κ2) is 15.9. The molecule has 4 aromatic carbocycles. The minimum Gasteiger partial charge on any atom is -0.432 e. The van der Waals surface area contributed by atoms with Gasteiger partial charge in [0.1, 0.15) is 11.1 Å². The quantitative estimate of drug-likeness (QED) is 0.164. The molecule has 6 heterocycles. The molecule has 6 aliphatic heterocycles. The second-order valence-corrected chi connectivity index (χ2v) is 22.9. The normalized spacial score (nSPS) is 26.6. The Morgan fingerprint density at radius 1 is 0.683 bits per heavy atom. The Balaban J connectivity index is 1.03. The van der Waals surface area contributed by atoms with Crippen LogP contribution in [0.25, 0.3) is 0 Å². The van der Waals surface area contributed by atoms with Crippen molar-refractivity contribution < 1.29 is 29.0 Å². The van der Waals surface area contributed by atoms with Crippen molar-refractivity contribution in [1.82, 2.24) is 10.6 Å². The molecule has 6 aliphatic rings. The molecule has 4 N–H and O–H groups in total. The Labute approximate surface area is 370 Å². The molecule has 0 radical (unpaired) electrons. The molecule has 0 aliphatic carbocycles. The van der Waals surface area contributed by atoms with Crippen LogP contribution in [0.2, 0.25) is 18.6 Å². The van der Waals surface area contributed by atoms with E-state index in [4.69, 9.17) is 4.74 Å². The molecule has 0 bridgehead atoms. The number of hydrogen-bond donors (Lipinski definition) is 4. The number of piperidine rings is 2. The van der Waals surface area contributed by atoms with Gasteiger partial charge in [-0.3, -0.25) is 24.2 Å². The summed E-state index contributed by atoms with van der Waals surface area (Å²) in [4.78, 5) is 66.8. The number of anilines is 5. The number of hydrogen-bond acceptors (Lipinski definition) is 10. The van der Waals surface area contributed by atoms with E-state index in [0.29, 0.717) is 56.0 Å². The van der Waals surface area contributed by atoms with Crippen LogP contribution in [-0.2, 0) is 31.3 Å². The molecule has 4 aromatic rings. The Morgan fingerprint density at radius 2 is 1.21 bits per heavy atom. The molecule has 13 nitrogen and oxygen atoms in total. The maximum Gasteiger partial charge on any atom is 0.264 e. The summed E-state index contributed by atoms with van der Waals surface area (Å²) in [6.07, 6.45) is 2.49. The van der Waals surface area contributed by atoms with Crippen LogP contribution in [0.3, 0.4) is 0 Å². The third-order valence-electron chi connectivity index (χ3n) is 15.1. The molecule has 0 saturated carbocycles. The van der Waals surface area contributed by atoms with E-state index in [1.54, 1.807) is 4.90 Å². The number of nitrogens with one attached hydrogen (secondary N) is 2. The molecule has 63 heavy (non-hydrogen) atoms. The first kappa shape index (κ1) is 41.9. The number of fused-ring (bicyclic) bond motifs is 2. The van der Waals surface area contributed by atoms with Gasteiger partial charge in [-0.1, -0.05) is 55.5 Å². The van der Waals surface area contributed by atoms with Crippen molar-refractivity contribution in [2.45, 2.75) is 87.0 Å². The molecular weight excluding hydrogens is 811 g/mol. The lowest BCUT2D eigenvalue weighted by Gasteiger charge is -2.39. The lowest BCUT2D eigenvalue weighted by Crippen LogP contribution is -2.55. The zero-order valence-electron chi connectivity index (χ0n) is 36.5. The van der Waals surface area contributed by atoms with E-state index in [1.807, 2.05) is 109 Å². The number of carbonyl (C=O) groups is 3. The zero-order chi connectivity index (χ0) is 43.7. The van der Waals surface area contributed by atoms with Crippen LogP contribution in [0.4, 0.5) is 28.4 Å². The maximum atomic E-state index is 15.5. The summed E-state index contributed by atoms with van der Waals surface area (Å²) in [5.41, 5.74) is 2.51. The van der Waals surface area contributed by atoms with Gasteiger partial charge in [0.2, 0.25) is 0 Å². The molecule has 5 fully saturated rings. The molecule has 10 rings (SSSR count). The first-order valence-electron chi connectivity index (χ1n) is 22.7. The lowest BCUT2D eigenvalue weighted by atomic mass is 9.82. The highest BCUT2D eigenvalue weighted by Crippen LogP contribution is 2.60. The molecule has 0 aromatic heterocycles. The van der Waals surface area contributed by atoms with Crippen molar-refractivity contribution in [3.63, 3.8) is 0 Å². The van der Waals surface area contributed by atoms with E-state index in [9.17, 15) is 19.5 Å². The first-order valence-corrected chi connectivity index (χ1v) is 25.7. The zero-order valence-corrected chi connectivity index (χ0v) is 37.5. The number of benzene rings is 4. The van der Waals surface area contributed by atoms with Gasteiger partial charge in [0.15, 0.2) is 13.9 Å². The molecule has 3 amide bonds. The van der Waals surface area contributed by atoms with Crippen molar-refractivity contribution in [3.8, 4) is 0 Å². The predicted molar refractivity (Wildman–Crippen MR) is 247 cm³/mol. The minimum atomic E-state index is -2.96. The Bertz CT molecular complexity index is 2390. The number of para-hydroxylation sites is 2. The molecule has 3 spiro atoms. The van der Waals surface area contributed by atoms with E-state index >= 15 is 4.79 Å². The fourth-order valence-corrected chi connectivity index (χ4v) is 14.7. The fraction of sp³-hybridized carbons (Fsp3) is 0.449.